The molecule has 0 fully saturated rings. The van der Waals surface area contributed by atoms with Crippen LogP contribution in [-0.4, -0.2) is 34.7 Å². The number of aromatic nitrogens is 1. The second-order valence-corrected chi connectivity index (χ2v) is 5.35. The number of aliphatic hydroxyl groups is 1. The Hall–Kier alpha value is -3.29. The van der Waals surface area contributed by atoms with E-state index in [-0.39, 0.29) is 29.6 Å². The highest BCUT2D eigenvalue weighted by molar-refractivity contribution is 6.47. The van der Waals surface area contributed by atoms with Crippen molar-refractivity contribution in [3.05, 3.63) is 64.8 Å². The summed E-state index contributed by atoms with van der Waals surface area (Å²) in [6.45, 7) is 1.52. The number of methoxy groups -OCH3 is 1. The van der Waals surface area contributed by atoms with Crippen LogP contribution in [0.3, 0.4) is 0 Å². The average Bonchev–Trinajstić information content (AvgIpc) is 3.00. The molecule has 1 heterocycles. The Morgan fingerprint density at radius 3 is 2.50 bits per heavy atom. The van der Waals surface area contributed by atoms with Crippen LogP contribution < -0.4 is 0 Å². The Balaban J connectivity index is 2.17. The first-order chi connectivity index (χ1) is 12.3. The number of oxazole rings is 1. The molecule has 0 saturated heterocycles. The predicted octanol–water partition coefficient (Wildman–Crippen LogP) is 2.27. The summed E-state index contributed by atoms with van der Waals surface area (Å²) in [5.74, 6) is -4.26. The molecule has 136 valence electrons. The second kappa shape index (κ2) is 8.19. The minimum atomic E-state index is -1.14. The molecule has 0 aliphatic rings. The number of esters is 1. The van der Waals surface area contributed by atoms with Crippen molar-refractivity contribution in [2.45, 2.75) is 19.8 Å². The number of benzene rings is 1. The predicted molar refractivity (Wildman–Crippen MR) is 87.1 cm³/mol. The summed E-state index contributed by atoms with van der Waals surface area (Å²) in [5, 5.41) is 9.37. The first kappa shape index (κ1) is 19.0. The maximum absolute atomic E-state index is 12.9. The maximum atomic E-state index is 12.9. The monoisotopic (exact) mass is 361 g/mol. The van der Waals surface area contributed by atoms with Crippen molar-refractivity contribution in [1.82, 2.24) is 4.98 Å². The molecule has 0 radical (unpaired) electrons. The molecule has 26 heavy (non-hydrogen) atoms. The van der Waals surface area contributed by atoms with E-state index in [1.54, 1.807) is 12.1 Å². The topological polar surface area (TPSA) is 107 Å². The van der Waals surface area contributed by atoms with Crippen molar-refractivity contribution in [2.24, 2.45) is 0 Å². The zero-order chi connectivity index (χ0) is 19.3. The first-order valence-corrected chi connectivity index (χ1v) is 7.60. The molecule has 8 heteroatoms. The van der Waals surface area contributed by atoms with Gasteiger partial charge in [0.2, 0.25) is 11.5 Å². The molecule has 0 saturated carbocycles. The van der Waals surface area contributed by atoms with Crippen molar-refractivity contribution in [3.63, 3.8) is 0 Å². The van der Waals surface area contributed by atoms with Crippen LogP contribution in [0.15, 0.2) is 40.5 Å². The largest absolute Gasteiger partial charge is 0.502 e. The van der Waals surface area contributed by atoms with Gasteiger partial charge in [0.15, 0.2) is 11.6 Å². The molecule has 1 N–H and O–H groups in total. The molecule has 0 aliphatic carbocycles. The van der Waals surface area contributed by atoms with Gasteiger partial charge in [-0.05, 0) is 24.1 Å². The van der Waals surface area contributed by atoms with Gasteiger partial charge in [-0.25, -0.2) is 14.2 Å². The van der Waals surface area contributed by atoms with Crippen molar-refractivity contribution in [1.29, 1.82) is 0 Å². The Bertz CT molecular complexity index is 866. The Morgan fingerprint density at radius 2 is 1.88 bits per heavy atom. The number of hydrogen-bond donors (Lipinski definition) is 1. The number of carbonyl (C=O) groups is 3. The summed E-state index contributed by atoms with van der Waals surface area (Å²) in [5.41, 5.74) is 0.622. The zero-order valence-electron chi connectivity index (χ0n) is 14.1. The minimum absolute atomic E-state index is 0.191. The lowest BCUT2D eigenvalue weighted by molar-refractivity contribution is -0.139. The number of ketones is 2. The minimum Gasteiger partial charge on any atom is -0.502 e. The summed E-state index contributed by atoms with van der Waals surface area (Å²) in [7, 11) is 1.02. The van der Waals surface area contributed by atoms with E-state index in [9.17, 15) is 23.9 Å². The molecule has 1 aromatic heterocycles. The lowest BCUT2D eigenvalue weighted by Crippen LogP contribution is -2.16. The highest BCUT2D eigenvalue weighted by Crippen LogP contribution is 2.16. The van der Waals surface area contributed by atoms with Gasteiger partial charge in [-0.15, -0.1) is 0 Å². The molecule has 0 amide bonds. The van der Waals surface area contributed by atoms with E-state index in [2.05, 4.69) is 9.72 Å². The van der Waals surface area contributed by atoms with Crippen molar-refractivity contribution in [3.8, 4) is 0 Å². The number of aryl methyl sites for hydroxylation is 3. The van der Waals surface area contributed by atoms with Crippen molar-refractivity contribution < 1.29 is 33.0 Å². The highest BCUT2D eigenvalue weighted by atomic mass is 19.1. The van der Waals surface area contributed by atoms with Crippen LogP contribution in [0, 0.1) is 12.7 Å². The molecule has 1 aromatic carbocycles. The molecular weight excluding hydrogens is 345 g/mol. The third kappa shape index (κ3) is 4.62. The number of hydrogen-bond acceptors (Lipinski definition) is 7. The lowest BCUT2D eigenvalue weighted by Gasteiger charge is -2.01. The zero-order valence-corrected chi connectivity index (χ0v) is 14.1. The summed E-state index contributed by atoms with van der Waals surface area (Å²) < 4.78 is 22.5. The van der Waals surface area contributed by atoms with E-state index < -0.39 is 23.3 Å². The van der Waals surface area contributed by atoms with E-state index in [1.807, 2.05) is 0 Å². The molecule has 7 nitrogen and oxygen atoms in total. The van der Waals surface area contributed by atoms with Gasteiger partial charge in [-0.1, -0.05) is 12.1 Å². The number of allylic oxidation sites excluding steroid dienone is 1. The van der Waals surface area contributed by atoms with E-state index in [0.717, 1.165) is 12.7 Å². The van der Waals surface area contributed by atoms with Gasteiger partial charge in [-0.2, -0.15) is 0 Å². The van der Waals surface area contributed by atoms with Gasteiger partial charge in [0.05, 0.1) is 7.11 Å². The number of halogens is 1. The Labute approximate surface area is 148 Å². The molecule has 0 spiro atoms. The number of Topliss-reactive ketones (excluding diaryl/α,β-unsaturated/α-hetero) is 1. The van der Waals surface area contributed by atoms with E-state index >= 15 is 0 Å². The number of aliphatic hydroxyl groups excluding tert-OH is 1. The average molecular weight is 361 g/mol. The summed E-state index contributed by atoms with van der Waals surface area (Å²) in [6, 6.07) is 5.83. The van der Waals surface area contributed by atoms with Gasteiger partial charge < -0.3 is 14.3 Å². The number of ether oxygens (including phenoxy) is 1. The van der Waals surface area contributed by atoms with E-state index in [4.69, 9.17) is 4.42 Å². The van der Waals surface area contributed by atoms with Gasteiger partial charge in [0.1, 0.15) is 11.6 Å². The number of rotatable bonds is 7. The lowest BCUT2D eigenvalue weighted by atomic mass is 10.1. The van der Waals surface area contributed by atoms with E-state index in [1.165, 1.54) is 19.1 Å². The van der Waals surface area contributed by atoms with Crippen LogP contribution >= 0.6 is 0 Å². The first-order valence-electron chi connectivity index (χ1n) is 7.60. The van der Waals surface area contributed by atoms with Crippen molar-refractivity contribution >= 4 is 17.5 Å². The highest BCUT2D eigenvalue weighted by Gasteiger charge is 2.25. The molecule has 2 rings (SSSR count). The van der Waals surface area contributed by atoms with E-state index in [0.29, 0.717) is 12.5 Å². The maximum Gasteiger partial charge on any atom is 0.373 e. The third-order valence-electron chi connectivity index (χ3n) is 3.46. The molecule has 0 aliphatic heterocycles. The molecule has 0 unspecified atom stereocenters. The van der Waals surface area contributed by atoms with Crippen LogP contribution in [-0.2, 0) is 27.2 Å². The van der Waals surface area contributed by atoms with Crippen molar-refractivity contribution in [2.75, 3.05) is 7.11 Å². The Morgan fingerprint density at radius 1 is 1.23 bits per heavy atom. The summed E-state index contributed by atoms with van der Waals surface area (Å²) in [6.07, 6.45) is 1.17. The number of nitrogens with zero attached hydrogens (tertiary/aromatic N) is 1. The fraction of sp³-hybridized carbons (Fsp3) is 0.222. The molecular formula is C18H16FNO6. The quantitative estimate of drug-likeness (QED) is 0.265. The van der Waals surface area contributed by atoms with Gasteiger partial charge in [-0.3, -0.25) is 9.59 Å². The fourth-order valence-corrected chi connectivity index (χ4v) is 2.19. The van der Waals surface area contributed by atoms with Gasteiger partial charge in [0.25, 0.3) is 5.78 Å². The third-order valence-corrected chi connectivity index (χ3v) is 3.46. The fourth-order valence-electron chi connectivity index (χ4n) is 2.19. The van der Waals surface area contributed by atoms with Crippen LogP contribution in [0.1, 0.15) is 27.7 Å². The molecule has 2 aromatic rings. The van der Waals surface area contributed by atoms with Gasteiger partial charge >= 0.3 is 5.97 Å². The number of carbonyl (C=O) groups excluding carboxylic acids is 3. The molecule has 0 bridgehead atoms. The Kier molecular flexibility index (Phi) is 6.00. The summed E-state index contributed by atoms with van der Waals surface area (Å²) >= 11 is 0. The van der Waals surface area contributed by atoms with Crippen LogP contribution in [0.4, 0.5) is 4.39 Å². The smallest absolute Gasteiger partial charge is 0.373 e. The second-order valence-electron chi connectivity index (χ2n) is 5.35. The normalized spacial score (nSPS) is 11.3. The standard InChI is InChI=1S/C18H16FNO6/c1-10-20-16(17(23)13(21)9-14(22)18(24)25-2)15(26-10)8-5-11-3-6-12(19)7-4-11/h3-4,6-7,9,22H,5,8H2,1-2H3. The van der Waals surface area contributed by atoms with Crippen LogP contribution in [0.5, 0.6) is 0 Å². The van der Waals surface area contributed by atoms with Crippen LogP contribution in [0.2, 0.25) is 0 Å². The van der Waals surface area contributed by atoms with Gasteiger partial charge in [0, 0.05) is 19.4 Å². The summed E-state index contributed by atoms with van der Waals surface area (Å²) in [4.78, 5) is 39.2. The van der Waals surface area contributed by atoms with Crippen LogP contribution in [0.25, 0.3) is 0 Å². The molecule has 0 atom stereocenters. The SMILES string of the molecule is COC(=O)C(O)=CC(=O)C(=O)c1nc(C)oc1CCc1ccc(F)cc1.